The maximum absolute atomic E-state index is 13.4. The molecule has 1 aliphatic rings. The summed E-state index contributed by atoms with van der Waals surface area (Å²) in [6.07, 6.45) is 0. The van der Waals surface area contributed by atoms with Crippen LogP contribution in [0.15, 0.2) is 59.6 Å². The number of carbonyl (C=O) groups is 2. The minimum absolute atomic E-state index is 0.130. The van der Waals surface area contributed by atoms with Crippen LogP contribution in [-0.2, 0) is 16.1 Å². The molecule has 0 bridgehead atoms. The van der Waals surface area contributed by atoms with Gasteiger partial charge in [0.2, 0.25) is 0 Å². The molecule has 1 aliphatic heterocycles. The van der Waals surface area contributed by atoms with Crippen LogP contribution < -0.4 is 14.8 Å². The number of nitrogens with one attached hydrogen (secondary N) is 1. The van der Waals surface area contributed by atoms with Gasteiger partial charge >= 0.3 is 0 Å². The zero-order chi connectivity index (χ0) is 22.8. The molecule has 0 radical (unpaired) electrons. The molecule has 1 aromatic heterocycles. The Balaban J connectivity index is 1.70. The highest BCUT2D eigenvalue weighted by molar-refractivity contribution is 7.11. The smallest absolute Gasteiger partial charge is 0.278 e. The summed E-state index contributed by atoms with van der Waals surface area (Å²) in [4.78, 5) is 28.9. The van der Waals surface area contributed by atoms with Crippen LogP contribution >= 0.6 is 11.3 Å². The first-order valence-corrected chi connectivity index (χ1v) is 11.0. The lowest BCUT2D eigenvalue weighted by atomic mass is 10.1. The van der Waals surface area contributed by atoms with Gasteiger partial charge in [0.15, 0.2) is 11.5 Å². The maximum Gasteiger partial charge on any atom is 0.278 e. The Hall–Kier alpha value is -3.58. The number of hydrogen-bond donors (Lipinski definition) is 1. The van der Waals surface area contributed by atoms with Gasteiger partial charge in [-0.2, -0.15) is 0 Å². The average molecular weight is 449 g/mol. The van der Waals surface area contributed by atoms with Crippen molar-refractivity contribution in [2.24, 2.45) is 0 Å². The van der Waals surface area contributed by atoms with Gasteiger partial charge < -0.3 is 14.8 Å². The first kappa shape index (κ1) is 21.6. The van der Waals surface area contributed by atoms with E-state index in [9.17, 15) is 9.59 Å². The Morgan fingerprint density at radius 3 is 2.41 bits per heavy atom. The first-order chi connectivity index (χ1) is 15.4. The number of imide groups is 1. The number of carbonyl (C=O) groups excluding carboxylic acids is 2. The first-order valence-electron chi connectivity index (χ1n) is 10.1. The van der Waals surface area contributed by atoms with Crippen molar-refractivity contribution in [3.63, 3.8) is 0 Å². The van der Waals surface area contributed by atoms with Crippen LogP contribution in [0.25, 0.3) is 5.57 Å². The van der Waals surface area contributed by atoms with E-state index in [0.29, 0.717) is 22.8 Å². The van der Waals surface area contributed by atoms with Gasteiger partial charge in [0, 0.05) is 10.6 Å². The number of ether oxygens (including phenoxy) is 2. The van der Waals surface area contributed by atoms with E-state index >= 15 is 0 Å². The molecule has 2 heterocycles. The van der Waals surface area contributed by atoms with Gasteiger partial charge in [0.05, 0.1) is 26.3 Å². The Kier molecular flexibility index (Phi) is 6.01. The van der Waals surface area contributed by atoms with E-state index in [2.05, 4.69) is 5.32 Å². The topological polar surface area (TPSA) is 67.9 Å². The molecule has 32 heavy (non-hydrogen) atoms. The second kappa shape index (κ2) is 8.88. The fourth-order valence-corrected chi connectivity index (χ4v) is 4.42. The van der Waals surface area contributed by atoms with E-state index in [1.165, 1.54) is 16.2 Å². The number of methoxy groups -OCH3 is 2. The van der Waals surface area contributed by atoms with E-state index in [1.807, 2.05) is 55.6 Å². The summed E-state index contributed by atoms with van der Waals surface area (Å²) in [5.74, 6) is 0.461. The van der Waals surface area contributed by atoms with Crippen molar-refractivity contribution in [3.05, 3.63) is 81.2 Å². The van der Waals surface area contributed by atoms with Crippen molar-refractivity contribution in [2.75, 3.05) is 19.5 Å². The highest BCUT2D eigenvalue weighted by atomic mass is 32.1. The van der Waals surface area contributed by atoms with Crippen molar-refractivity contribution in [2.45, 2.75) is 20.4 Å². The molecular weight excluding hydrogens is 424 g/mol. The third-order valence-electron chi connectivity index (χ3n) is 5.38. The number of rotatable bonds is 7. The normalized spacial score (nSPS) is 13.7. The molecule has 6 nitrogen and oxygen atoms in total. The van der Waals surface area contributed by atoms with Crippen molar-refractivity contribution in [1.82, 2.24) is 4.90 Å². The summed E-state index contributed by atoms with van der Waals surface area (Å²) in [7, 11) is 3.12. The molecule has 7 heteroatoms. The molecular formula is C25H24N2O4S. The quantitative estimate of drug-likeness (QED) is 0.527. The predicted octanol–water partition coefficient (Wildman–Crippen LogP) is 4.77. The summed E-state index contributed by atoms with van der Waals surface area (Å²) in [5, 5.41) is 5.15. The second-order valence-electron chi connectivity index (χ2n) is 7.56. The molecule has 0 saturated carbocycles. The number of anilines is 1. The summed E-state index contributed by atoms with van der Waals surface area (Å²) in [6.45, 7) is 4.09. The molecule has 0 unspecified atom stereocenters. The Bertz CT molecular complexity index is 1210. The van der Waals surface area contributed by atoms with Crippen molar-refractivity contribution in [1.29, 1.82) is 0 Å². The van der Waals surface area contributed by atoms with E-state index < -0.39 is 0 Å². The van der Waals surface area contributed by atoms with Gasteiger partial charge in [-0.3, -0.25) is 14.5 Å². The molecule has 2 amide bonds. The Morgan fingerprint density at radius 1 is 0.938 bits per heavy atom. The highest BCUT2D eigenvalue weighted by Gasteiger charge is 2.39. The minimum Gasteiger partial charge on any atom is -0.493 e. The van der Waals surface area contributed by atoms with Crippen LogP contribution in [-0.4, -0.2) is 30.9 Å². The highest BCUT2D eigenvalue weighted by Crippen LogP contribution is 2.35. The van der Waals surface area contributed by atoms with Crippen LogP contribution in [0.4, 0.5) is 5.69 Å². The molecule has 0 saturated heterocycles. The number of aryl methyl sites for hydroxylation is 2. The molecule has 0 aliphatic carbocycles. The van der Waals surface area contributed by atoms with Crippen LogP contribution in [0.2, 0.25) is 0 Å². The van der Waals surface area contributed by atoms with Gasteiger partial charge in [-0.15, -0.1) is 11.3 Å². The van der Waals surface area contributed by atoms with Crippen molar-refractivity contribution in [3.8, 4) is 11.5 Å². The number of thiophene rings is 1. The fourth-order valence-electron chi connectivity index (χ4n) is 3.65. The molecule has 3 aromatic rings. The van der Waals surface area contributed by atoms with Crippen molar-refractivity contribution < 1.29 is 19.1 Å². The molecule has 164 valence electrons. The summed E-state index contributed by atoms with van der Waals surface area (Å²) >= 11 is 1.43. The van der Waals surface area contributed by atoms with Gasteiger partial charge in [-0.1, -0.05) is 24.3 Å². The van der Waals surface area contributed by atoms with Gasteiger partial charge in [0.25, 0.3) is 11.8 Å². The van der Waals surface area contributed by atoms with Crippen molar-refractivity contribution >= 4 is 34.4 Å². The lowest BCUT2D eigenvalue weighted by molar-refractivity contribution is -0.137. The monoisotopic (exact) mass is 448 g/mol. The zero-order valence-electron chi connectivity index (χ0n) is 18.4. The molecule has 2 aromatic carbocycles. The Labute approximate surface area is 191 Å². The predicted molar refractivity (Wildman–Crippen MR) is 126 cm³/mol. The lowest BCUT2D eigenvalue weighted by Gasteiger charge is -2.17. The zero-order valence-corrected chi connectivity index (χ0v) is 19.2. The van der Waals surface area contributed by atoms with E-state index in [0.717, 1.165) is 27.3 Å². The third kappa shape index (κ3) is 3.99. The van der Waals surface area contributed by atoms with Crippen LogP contribution in [0.1, 0.15) is 21.6 Å². The number of amides is 2. The van der Waals surface area contributed by atoms with E-state index in [1.54, 1.807) is 26.4 Å². The Morgan fingerprint density at radius 2 is 1.72 bits per heavy atom. The molecule has 4 rings (SSSR count). The van der Waals surface area contributed by atoms with Gasteiger partial charge in [-0.05, 0) is 60.2 Å². The van der Waals surface area contributed by atoms with Crippen LogP contribution in [0, 0.1) is 13.8 Å². The molecule has 0 atom stereocenters. The summed E-state index contributed by atoms with van der Waals surface area (Å²) in [5.41, 5.74) is 4.33. The van der Waals surface area contributed by atoms with E-state index in [-0.39, 0.29) is 18.4 Å². The van der Waals surface area contributed by atoms with Crippen LogP contribution in [0.5, 0.6) is 11.5 Å². The maximum atomic E-state index is 13.4. The number of nitrogens with zero attached hydrogens (tertiary/aromatic N) is 1. The van der Waals surface area contributed by atoms with E-state index in [4.69, 9.17) is 9.47 Å². The summed E-state index contributed by atoms with van der Waals surface area (Å²) in [6, 6.07) is 15.1. The molecule has 0 fully saturated rings. The molecule has 0 spiro atoms. The largest absolute Gasteiger partial charge is 0.493 e. The lowest BCUT2D eigenvalue weighted by Crippen LogP contribution is -2.32. The number of benzene rings is 2. The number of hydrogen-bond acceptors (Lipinski definition) is 6. The van der Waals surface area contributed by atoms with Gasteiger partial charge in [-0.25, -0.2) is 0 Å². The summed E-state index contributed by atoms with van der Waals surface area (Å²) < 4.78 is 10.6. The SMILES string of the molecule is COc1ccc(CN2C(=O)C(Nc3cc(C)ccc3C)=C(c3cccs3)C2=O)cc1OC. The molecule has 1 N–H and O–H groups in total. The third-order valence-corrected chi connectivity index (χ3v) is 6.26. The average Bonchev–Trinajstić information content (AvgIpc) is 3.39. The second-order valence-corrected chi connectivity index (χ2v) is 8.50. The standard InChI is InChI=1S/C25H24N2O4S/c1-15-7-8-16(2)18(12-15)26-23-22(21-6-5-11-32-21)24(28)27(25(23)29)14-17-9-10-19(30-3)20(13-17)31-4/h5-13,26H,14H2,1-4H3. The fraction of sp³-hybridized carbons (Fsp3) is 0.200. The van der Waals surface area contributed by atoms with Gasteiger partial charge in [0.1, 0.15) is 5.70 Å². The van der Waals surface area contributed by atoms with Crippen LogP contribution in [0.3, 0.4) is 0 Å². The minimum atomic E-state index is -0.353.